The number of benzene rings is 1. The minimum absolute atomic E-state index is 0.275. The van der Waals surface area contributed by atoms with Gasteiger partial charge in [0.15, 0.2) is 5.65 Å². The molecule has 0 atom stereocenters. The molecular formula is C16H16ClN5O2. The first-order chi connectivity index (χ1) is 11.3. The number of carbonyl (C=O) groups excluding carboxylic acids is 1. The quantitative estimate of drug-likeness (QED) is 0.773. The Morgan fingerprint density at radius 1 is 1.25 bits per heavy atom. The maximum atomic E-state index is 12.5. The van der Waals surface area contributed by atoms with Crippen molar-refractivity contribution in [3.8, 4) is 0 Å². The summed E-state index contributed by atoms with van der Waals surface area (Å²) < 4.78 is 2.70. The molecule has 0 saturated carbocycles. The molecular weight excluding hydrogens is 330 g/mol. The SMILES string of the molecule is CC(C)(C)n1ncc2c(=O)n(NC(=O)c3ccccc3Cl)cnc21. The van der Waals surface area contributed by atoms with Gasteiger partial charge in [0.25, 0.3) is 11.5 Å². The highest BCUT2D eigenvalue weighted by atomic mass is 35.5. The summed E-state index contributed by atoms with van der Waals surface area (Å²) in [5.74, 6) is -0.493. The fourth-order valence-electron chi connectivity index (χ4n) is 2.30. The fraction of sp³-hybridized carbons (Fsp3) is 0.250. The maximum absolute atomic E-state index is 12.5. The van der Waals surface area contributed by atoms with Gasteiger partial charge in [0.2, 0.25) is 0 Å². The topological polar surface area (TPSA) is 81.8 Å². The van der Waals surface area contributed by atoms with Gasteiger partial charge in [-0.2, -0.15) is 5.10 Å². The van der Waals surface area contributed by atoms with E-state index in [1.165, 1.54) is 12.5 Å². The van der Waals surface area contributed by atoms with E-state index in [1.54, 1.807) is 28.9 Å². The van der Waals surface area contributed by atoms with E-state index in [9.17, 15) is 9.59 Å². The molecule has 1 aromatic carbocycles. The van der Waals surface area contributed by atoms with Gasteiger partial charge in [-0.3, -0.25) is 15.0 Å². The first-order valence-electron chi connectivity index (χ1n) is 7.31. The molecule has 8 heteroatoms. The zero-order valence-electron chi connectivity index (χ0n) is 13.4. The predicted molar refractivity (Wildman–Crippen MR) is 91.9 cm³/mol. The molecule has 2 heterocycles. The molecule has 3 aromatic rings. The van der Waals surface area contributed by atoms with E-state index in [-0.39, 0.29) is 11.1 Å². The van der Waals surface area contributed by atoms with Crippen LogP contribution in [0.4, 0.5) is 0 Å². The number of halogens is 1. The zero-order valence-corrected chi connectivity index (χ0v) is 14.2. The number of nitrogens with one attached hydrogen (secondary N) is 1. The molecule has 1 N–H and O–H groups in total. The van der Waals surface area contributed by atoms with E-state index < -0.39 is 11.5 Å². The molecule has 3 rings (SSSR count). The average Bonchev–Trinajstić information content (AvgIpc) is 2.95. The summed E-state index contributed by atoms with van der Waals surface area (Å²) in [6.45, 7) is 5.89. The third-order valence-electron chi connectivity index (χ3n) is 3.46. The van der Waals surface area contributed by atoms with Gasteiger partial charge in [-0.1, -0.05) is 23.7 Å². The van der Waals surface area contributed by atoms with Crippen LogP contribution in [0, 0.1) is 0 Å². The summed E-state index contributed by atoms with van der Waals surface area (Å²) in [6, 6.07) is 6.60. The highest BCUT2D eigenvalue weighted by Gasteiger charge is 2.20. The second-order valence-corrected chi connectivity index (χ2v) is 6.71. The molecule has 0 aliphatic rings. The number of carbonyl (C=O) groups is 1. The molecule has 7 nitrogen and oxygen atoms in total. The molecule has 24 heavy (non-hydrogen) atoms. The number of hydrogen-bond acceptors (Lipinski definition) is 4. The van der Waals surface area contributed by atoms with Crippen molar-refractivity contribution in [3.05, 3.63) is 57.7 Å². The normalized spacial score (nSPS) is 11.7. The molecule has 0 spiro atoms. The van der Waals surface area contributed by atoms with Crippen molar-refractivity contribution in [2.75, 3.05) is 5.43 Å². The van der Waals surface area contributed by atoms with Crippen molar-refractivity contribution < 1.29 is 4.79 Å². The Bertz CT molecular complexity index is 984. The van der Waals surface area contributed by atoms with Crippen molar-refractivity contribution in [2.24, 2.45) is 0 Å². The van der Waals surface area contributed by atoms with Gasteiger partial charge in [-0.15, -0.1) is 0 Å². The molecule has 0 radical (unpaired) electrons. The fourth-order valence-corrected chi connectivity index (χ4v) is 2.52. The molecule has 124 valence electrons. The number of rotatable bonds is 2. The van der Waals surface area contributed by atoms with Crippen molar-refractivity contribution in [2.45, 2.75) is 26.3 Å². The molecule has 0 fully saturated rings. The van der Waals surface area contributed by atoms with Crippen LogP contribution in [-0.4, -0.2) is 25.3 Å². The lowest BCUT2D eigenvalue weighted by molar-refractivity contribution is 0.101. The summed E-state index contributed by atoms with van der Waals surface area (Å²) in [6.07, 6.45) is 2.72. The van der Waals surface area contributed by atoms with Crippen LogP contribution in [0.1, 0.15) is 31.1 Å². The van der Waals surface area contributed by atoms with Crippen molar-refractivity contribution >= 4 is 28.5 Å². The van der Waals surface area contributed by atoms with Gasteiger partial charge in [0, 0.05) is 0 Å². The Balaban J connectivity index is 2.00. The van der Waals surface area contributed by atoms with Crippen molar-refractivity contribution in [1.82, 2.24) is 19.4 Å². The molecule has 0 aliphatic carbocycles. The van der Waals surface area contributed by atoms with E-state index in [1.807, 2.05) is 20.8 Å². The minimum atomic E-state index is -0.493. The zero-order chi connectivity index (χ0) is 17.5. The molecule has 0 saturated heterocycles. The Morgan fingerprint density at radius 3 is 2.62 bits per heavy atom. The first kappa shape index (κ1) is 16.2. The second kappa shape index (κ2) is 5.76. The van der Waals surface area contributed by atoms with Gasteiger partial charge < -0.3 is 0 Å². The van der Waals surface area contributed by atoms with Gasteiger partial charge in [0.05, 0.1) is 22.3 Å². The van der Waals surface area contributed by atoms with E-state index in [0.717, 1.165) is 4.68 Å². The van der Waals surface area contributed by atoms with Gasteiger partial charge in [0.1, 0.15) is 11.7 Å². The Labute approximate surface area is 142 Å². The van der Waals surface area contributed by atoms with E-state index in [0.29, 0.717) is 16.1 Å². The summed E-state index contributed by atoms with van der Waals surface area (Å²) in [7, 11) is 0. The van der Waals surface area contributed by atoms with E-state index in [4.69, 9.17) is 11.6 Å². The van der Waals surface area contributed by atoms with E-state index in [2.05, 4.69) is 15.5 Å². The van der Waals surface area contributed by atoms with Crippen LogP contribution in [0.15, 0.2) is 41.6 Å². The Hall–Kier alpha value is -2.67. The van der Waals surface area contributed by atoms with Gasteiger partial charge >= 0.3 is 0 Å². The van der Waals surface area contributed by atoms with Crippen LogP contribution in [0.3, 0.4) is 0 Å². The molecule has 1 amide bonds. The molecule has 0 unspecified atom stereocenters. The molecule has 0 bridgehead atoms. The lowest BCUT2D eigenvalue weighted by atomic mass is 10.1. The van der Waals surface area contributed by atoms with Crippen LogP contribution in [-0.2, 0) is 5.54 Å². The molecule has 2 aromatic heterocycles. The summed E-state index contributed by atoms with van der Waals surface area (Å²) in [5.41, 5.74) is 2.51. The van der Waals surface area contributed by atoms with Crippen LogP contribution in [0.25, 0.3) is 11.0 Å². The standard InChI is InChI=1S/C16H16ClN5O2/c1-16(2,3)22-13-11(8-19-22)15(24)21(9-18-13)20-14(23)10-6-4-5-7-12(10)17/h4-9H,1-3H3,(H,20,23). The monoisotopic (exact) mass is 345 g/mol. The van der Waals surface area contributed by atoms with Crippen LogP contribution in [0.5, 0.6) is 0 Å². The third-order valence-corrected chi connectivity index (χ3v) is 3.79. The van der Waals surface area contributed by atoms with Gasteiger partial charge in [-0.25, -0.2) is 14.3 Å². The summed E-state index contributed by atoms with van der Waals surface area (Å²) in [4.78, 5) is 29.1. The number of hydrogen-bond donors (Lipinski definition) is 1. The average molecular weight is 346 g/mol. The summed E-state index contributed by atoms with van der Waals surface area (Å²) >= 11 is 6.00. The van der Waals surface area contributed by atoms with Gasteiger partial charge in [-0.05, 0) is 32.9 Å². The first-order valence-corrected chi connectivity index (χ1v) is 7.68. The number of amides is 1. The largest absolute Gasteiger partial charge is 0.283 e. The minimum Gasteiger partial charge on any atom is -0.267 e. The lowest BCUT2D eigenvalue weighted by Crippen LogP contribution is -2.33. The number of aromatic nitrogens is 4. The van der Waals surface area contributed by atoms with Crippen LogP contribution >= 0.6 is 11.6 Å². The Kier molecular flexibility index (Phi) is 3.88. The van der Waals surface area contributed by atoms with Crippen LogP contribution in [0.2, 0.25) is 5.02 Å². The highest BCUT2D eigenvalue weighted by Crippen LogP contribution is 2.18. The van der Waals surface area contributed by atoms with Crippen molar-refractivity contribution in [3.63, 3.8) is 0 Å². The number of fused-ring (bicyclic) bond motifs is 1. The predicted octanol–water partition coefficient (Wildman–Crippen LogP) is 2.39. The van der Waals surface area contributed by atoms with Crippen LogP contribution < -0.4 is 11.0 Å². The summed E-state index contributed by atoms with van der Waals surface area (Å²) in [5, 5.41) is 4.86. The van der Waals surface area contributed by atoms with E-state index >= 15 is 0 Å². The number of nitrogens with zero attached hydrogens (tertiary/aromatic N) is 4. The van der Waals surface area contributed by atoms with Crippen molar-refractivity contribution in [1.29, 1.82) is 0 Å². The Morgan fingerprint density at radius 2 is 1.96 bits per heavy atom. The smallest absolute Gasteiger partial charge is 0.267 e. The third kappa shape index (κ3) is 2.78. The second-order valence-electron chi connectivity index (χ2n) is 6.30. The molecule has 0 aliphatic heterocycles. The highest BCUT2D eigenvalue weighted by molar-refractivity contribution is 6.34. The maximum Gasteiger partial charge on any atom is 0.283 e. The lowest BCUT2D eigenvalue weighted by Gasteiger charge is -2.19.